The first-order valence-corrected chi connectivity index (χ1v) is 11.9. The third-order valence-corrected chi connectivity index (χ3v) is 8.21. The summed E-state index contributed by atoms with van der Waals surface area (Å²) < 4.78 is 27.7. The van der Waals surface area contributed by atoms with E-state index in [2.05, 4.69) is 0 Å². The Balaban J connectivity index is 0.00000256. The number of sulfonamides is 1. The van der Waals surface area contributed by atoms with Crippen molar-refractivity contribution in [1.82, 2.24) is 9.21 Å². The van der Waals surface area contributed by atoms with Crippen molar-refractivity contribution in [2.45, 2.75) is 36.6 Å². The number of benzene rings is 2. The smallest absolute Gasteiger partial charge is 0.243 e. The predicted molar refractivity (Wildman–Crippen MR) is 121 cm³/mol. The molecule has 2 N–H and O–H groups in total. The summed E-state index contributed by atoms with van der Waals surface area (Å²) in [6.07, 6.45) is 3.44. The highest BCUT2D eigenvalue weighted by Crippen LogP contribution is 2.27. The highest BCUT2D eigenvalue weighted by molar-refractivity contribution is 7.89. The lowest BCUT2D eigenvalue weighted by Crippen LogP contribution is -2.52. The molecule has 0 aromatic heterocycles. The van der Waals surface area contributed by atoms with Gasteiger partial charge >= 0.3 is 0 Å². The highest BCUT2D eigenvalue weighted by atomic mass is 35.5. The second kappa shape index (κ2) is 9.40. The second-order valence-corrected chi connectivity index (χ2v) is 10.4. The lowest BCUT2D eigenvalue weighted by Gasteiger charge is -2.37. The van der Waals surface area contributed by atoms with Gasteiger partial charge in [0.05, 0.1) is 4.90 Å². The molecule has 1 aliphatic heterocycles. The molecule has 1 saturated carbocycles. The van der Waals surface area contributed by atoms with Crippen LogP contribution in [0.4, 0.5) is 0 Å². The molecule has 1 heterocycles. The van der Waals surface area contributed by atoms with Crippen LogP contribution in [0.3, 0.4) is 0 Å². The van der Waals surface area contributed by atoms with Gasteiger partial charge in [-0.05, 0) is 60.7 Å². The van der Waals surface area contributed by atoms with Gasteiger partial charge in [-0.15, -0.1) is 12.4 Å². The van der Waals surface area contributed by atoms with Crippen LogP contribution in [0.5, 0.6) is 0 Å². The van der Waals surface area contributed by atoms with E-state index in [1.165, 1.54) is 4.31 Å². The number of nitrogens with two attached hydrogens (primary N) is 1. The molecule has 1 amide bonds. The number of rotatable bonds is 3. The third kappa shape index (κ3) is 4.75. The number of hydrogen-bond acceptors (Lipinski definition) is 4. The molecule has 6 nitrogen and oxygen atoms in total. The Kier molecular flexibility index (Phi) is 7.30. The summed E-state index contributed by atoms with van der Waals surface area (Å²) in [5.41, 5.74) is 5.93. The molecule has 1 saturated heterocycles. The van der Waals surface area contributed by atoms with Crippen LogP contribution in [0.25, 0.3) is 10.8 Å². The molecule has 0 unspecified atom stereocenters. The Hall–Kier alpha value is -1.38. The maximum Gasteiger partial charge on any atom is 0.243 e. The van der Waals surface area contributed by atoms with Gasteiger partial charge in [0.1, 0.15) is 0 Å². The summed E-state index contributed by atoms with van der Waals surface area (Å²) in [7, 11) is -3.60. The van der Waals surface area contributed by atoms with Crippen molar-refractivity contribution in [3.8, 4) is 0 Å². The van der Waals surface area contributed by atoms with Crippen LogP contribution in [0.2, 0.25) is 5.02 Å². The van der Waals surface area contributed by atoms with E-state index in [1.54, 1.807) is 24.3 Å². The van der Waals surface area contributed by atoms with Gasteiger partial charge in [0, 0.05) is 43.2 Å². The number of amides is 1. The van der Waals surface area contributed by atoms with Gasteiger partial charge in [0.2, 0.25) is 15.9 Å². The van der Waals surface area contributed by atoms with Gasteiger partial charge in [-0.3, -0.25) is 4.79 Å². The summed E-state index contributed by atoms with van der Waals surface area (Å²) in [4.78, 5) is 14.9. The zero-order valence-electron chi connectivity index (χ0n) is 16.7. The summed E-state index contributed by atoms with van der Waals surface area (Å²) in [6, 6.07) is 10.7. The van der Waals surface area contributed by atoms with E-state index in [0.717, 1.165) is 36.5 Å². The quantitative estimate of drug-likeness (QED) is 0.744. The standard InChI is InChI=1S/C21H26ClN3O3S.ClH/c22-18-5-1-17-14-20(8-4-16(17)13-18)29(27,28)25-11-9-24(10-12-25)21(26)15-2-6-19(23)7-3-15;/h1,4-5,8,13-15,19H,2-3,6-7,9-12,23H2;1H. The molecule has 164 valence electrons. The summed E-state index contributed by atoms with van der Waals surface area (Å²) in [6.45, 7) is 1.51. The van der Waals surface area contributed by atoms with E-state index in [4.69, 9.17) is 17.3 Å². The maximum atomic E-state index is 13.1. The molecule has 9 heteroatoms. The Bertz CT molecular complexity index is 1020. The molecule has 2 aliphatic rings. The van der Waals surface area contributed by atoms with Gasteiger partial charge in [-0.25, -0.2) is 8.42 Å². The van der Waals surface area contributed by atoms with E-state index < -0.39 is 10.0 Å². The van der Waals surface area contributed by atoms with Gasteiger partial charge in [-0.2, -0.15) is 4.31 Å². The third-order valence-electron chi connectivity index (χ3n) is 6.08. The highest BCUT2D eigenvalue weighted by Gasteiger charge is 2.33. The van der Waals surface area contributed by atoms with Gasteiger partial charge in [0.15, 0.2) is 0 Å². The van der Waals surface area contributed by atoms with Crippen molar-refractivity contribution in [2.75, 3.05) is 26.2 Å². The van der Waals surface area contributed by atoms with Crippen LogP contribution in [0.15, 0.2) is 41.3 Å². The average Bonchev–Trinajstić information content (AvgIpc) is 2.73. The topological polar surface area (TPSA) is 83.7 Å². The molecular formula is C21H27Cl2N3O3S. The van der Waals surface area contributed by atoms with E-state index in [1.807, 2.05) is 17.0 Å². The number of carbonyl (C=O) groups excluding carboxylic acids is 1. The van der Waals surface area contributed by atoms with Crippen LogP contribution >= 0.6 is 24.0 Å². The molecular weight excluding hydrogens is 445 g/mol. The van der Waals surface area contributed by atoms with Crippen LogP contribution in [-0.4, -0.2) is 55.8 Å². The van der Waals surface area contributed by atoms with Crippen molar-refractivity contribution in [3.05, 3.63) is 41.4 Å². The zero-order chi connectivity index (χ0) is 20.6. The molecule has 0 spiro atoms. The van der Waals surface area contributed by atoms with Crippen LogP contribution in [-0.2, 0) is 14.8 Å². The summed E-state index contributed by atoms with van der Waals surface area (Å²) in [5, 5.41) is 2.35. The number of hydrogen-bond donors (Lipinski definition) is 1. The Morgan fingerprint density at radius 1 is 0.933 bits per heavy atom. The monoisotopic (exact) mass is 471 g/mol. The molecule has 0 atom stereocenters. The molecule has 1 aliphatic carbocycles. The molecule has 0 bridgehead atoms. The first kappa shape index (κ1) is 23.3. The normalized spacial score (nSPS) is 23.2. The first-order chi connectivity index (χ1) is 13.8. The molecule has 0 radical (unpaired) electrons. The van der Waals surface area contributed by atoms with Crippen molar-refractivity contribution in [1.29, 1.82) is 0 Å². The summed E-state index contributed by atoms with van der Waals surface area (Å²) in [5.74, 6) is 0.182. The van der Waals surface area contributed by atoms with Gasteiger partial charge < -0.3 is 10.6 Å². The van der Waals surface area contributed by atoms with Crippen LogP contribution in [0.1, 0.15) is 25.7 Å². The fourth-order valence-electron chi connectivity index (χ4n) is 4.28. The maximum absolute atomic E-state index is 13.1. The van der Waals surface area contributed by atoms with Crippen LogP contribution < -0.4 is 5.73 Å². The Morgan fingerprint density at radius 2 is 1.53 bits per heavy atom. The predicted octanol–water partition coefficient (Wildman–Crippen LogP) is 3.27. The number of nitrogens with zero attached hydrogens (tertiary/aromatic N) is 2. The SMILES string of the molecule is Cl.NC1CCC(C(=O)N2CCN(S(=O)(=O)c3ccc4cc(Cl)ccc4c3)CC2)CC1. The summed E-state index contributed by atoms with van der Waals surface area (Å²) >= 11 is 6.01. The molecule has 30 heavy (non-hydrogen) atoms. The van der Waals surface area contributed by atoms with Gasteiger partial charge in [0.25, 0.3) is 0 Å². The molecule has 2 aromatic carbocycles. The number of fused-ring (bicyclic) bond motifs is 1. The fraction of sp³-hybridized carbons (Fsp3) is 0.476. The Labute approximate surface area is 188 Å². The molecule has 2 fully saturated rings. The van der Waals surface area contributed by atoms with Crippen molar-refractivity contribution >= 4 is 50.7 Å². The van der Waals surface area contributed by atoms with E-state index in [9.17, 15) is 13.2 Å². The average molecular weight is 472 g/mol. The second-order valence-electron chi connectivity index (χ2n) is 7.99. The van der Waals surface area contributed by atoms with E-state index >= 15 is 0 Å². The molecule has 2 aromatic rings. The first-order valence-electron chi connectivity index (χ1n) is 10.1. The minimum atomic E-state index is -3.60. The van der Waals surface area contributed by atoms with Gasteiger partial charge in [-0.1, -0.05) is 23.7 Å². The Morgan fingerprint density at radius 3 is 2.20 bits per heavy atom. The number of carbonyl (C=O) groups is 1. The fourth-order valence-corrected chi connectivity index (χ4v) is 5.92. The lowest BCUT2D eigenvalue weighted by atomic mass is 9.85. The van der Waals surface area contributed by atoms with Crippen LogP contribution in [0, 0.1) is 5.92 Å². The minimum absolute atomic E-state index is 0. The molecule has 4 rings (SSSR count). The van der Waals surface area contributed by atoms with Crippen molar-refractivity contribution < 1.29 is 13.2 Å². The number of piperazine rings is 1. The van der Waals surface area contributed by atoms with Crippen molar-refractivity contribution in [2.24, 2.45) is 11.7 Å². The van der Waals surface area contributed by atoms with Crippen molar-refractivity contribution in [3.63, 3.8) is 0 Å². The van der Waals surface area contributed by atoms with E-state index in [-0.39, 0.29) is 35.2 Å². The zero-order valence-corrected chi connectivity index (χ0v) is 19.1. The number of halogens is 2. The minimum Gasteiger partial charge on any atom is -0.340 e. The lowest BCUT2D eigenvalue weighted by molar-refractivity contribution is -0.137. The largest absolute Gasteiger partial charge is 0.340 e. The van der Waals surface area contributed by atoms with E-state index in [0.29, 0.717) is 31.2 Å².